The number of aromatic nitrogens is 2. The third-order valence-electron chi connectivity index (χ3n) is 1.94. The Balaban J connectivity index is 2.41. The van der Waals surface area contributed by atoms with Crippen LogP contribution < -0.4 is 4.74 Å². The van der Waals surface area contributed by atoms with Gasteiger partial charge in [0.2, 0.25) is 5.88 Å². The maximum absolute atomic E-state index is 12.1. The van der Waals surface area contributed by atoms with Gasteiger partial charge in [-0.15, -0.1) is 0 Å². The van der Waals surface area contributed by atoms with Crippen LogP contribution in [0.2, 0.25) is 0 Å². The summed E-state index contributed by atoms with van der Waals surface area (Å²) in [5.41, 5.74) is 1.18. The highest BCUT2D eigenvalue weighted by Gasteiger charge is 2.11. The van der Waals surface area contributed by atoms with Gasteiger partial charge in [-0.05, 0) is 18.2 Å². The Hall–Kier alpha value is -2.04. The number of nitrogens with zero attached hydrogens (tertiary/aromatic N) is 2. The first kappa shape index (κ1) is 10.5. The highest BCUT2D eigenvalue weighted by molar-refractivity contribution is 5.67. The molecule has 16 heavy (non-hydrogen) atoms. The number of rotatable bonds is 3. The molecule has 0 aromatic carbocycles. The van der Waals surface area contributed by atoms with Gasteiger partial charge in [-0.25, -0.2) is 4.98 Å². The predicted molar refractivity (Wildman–Crippen MR) is 54.1 cm³/mol. The summed E-state index contributed by atoms with van der Waals surface area (Å²) in [6.07, 6.45) is 4.57. The van der Waals surface area contributed by atoms with E-state index in [1.807, 2.05) is 0 Å². The van der Waals surface area contributed by atoms with E-state index in [0.29, 0.717) is 11.1 Å². The Morgan fingerprint density at radius 3 is 2.62 bits per heavy atom. The Labute approximate surface area is 90.7 Å². The van der Waals surface area contributed by atoms with Gasteiger partial charge in [-0.2, -0.15) is 8.78 Å². The molecule has 0 aliphatic heterocycles. The number of pyridine rings is 2. The molecule has 0 spiro atoms. The average molecular weight is 222 g/mol. The van der Waals surface area contributed by atoms with Gasteiger partial charge in [0.1, 0.15) is 0 Å². The van der Waals surface area contributed by atoms with E-state index in [9.17, 15) is 8.78 Å². The van der Waals surface area contributed by atoms with Crippen molar-refractivity contribution in [2.45, 2.75) is 6.61 Å². The largest absolute Gasteiger partial charge is 0.416 e. The van der Waals surface area contributed by atoms with Gasteiger partial charge in [0.25, 0.3) is 0 Å². The Morgan fingerprint density at radius 2 is 1.94 bits per heavy atom. The smallest absolute Gasteiger partial charge is 0.388 e. The summed E-state index contributed by atoms with van der Waals surface area (Å²) in [5.74, 6) is -0.0921. The minimum atomic E-state index is -2.88. The minimum Gasteiger partial charge on any atom is -0.416 e. The number of ether oxygens (including phenoxy) is 1. The quantitative estimate of drug-likeness (QED) is 0.800. The van der Waals surface area contributed by atoms with Crippen LogP contribution >= 0.6 is 0 Å². The van der Waals surface area contributed by atoms with Crippen molar-refractivity contribution in [2.75, 3.05) is 0 Å². The first-order valence-corrected chi connectivity index (χ1v) is 4.57. The standard InChI is InChI=1S/C11H8F2N2O/c12-11(13)16-10-9(4-2-6-15-10)8-3-1-5-14-7-8/h1-7,11H. The second-order valence-electron chi connectivity index (χ2n) is 2.98. The predicted octanol–water partition coefficient (Wildman–Crippen LogP) is 2.75. The van der Waals surface area contributed by atoms with Crippen LogP contribution in [-0.4, -0.2) is 16.6 Å². The van der Waals surface area contributed by atoms with Crippen LogP contribution in [0.5, 0.6) is 5.88 Å². The summed E-state index contributed by atoms with van der Waals surface area (Å²) >= 11 is 0. The molecule has 0 saturated carbocycles. The molecule has 0 amide bonds. The maximum Gasteiger partial charge on any atom is 0.388 e. The van der Waals surface area contributed by atoms with Gasteiger partial charge >= 0.3 is 6.61 Å². The van der Waals surface area contributed by atoms with Gasteiger partial charge in [0.05, 0.1) is 0 Å². The van der Waals surface area contributed by atoms with Crippen molar-refractivity contribution in [1.29, 1.82) is 0 Å². The van der Waals surface area contributed by atoms with Crippen LogP contribution in [0.25, 0.3) is 11.1 Å². The molecular formula is C11H8F2N2O. The van der Waals surface area contributed by atoms with Crippen LogP contribution in [-0.2, 0) is 0 Å². The van der Waals surface area contributed by atoms with Gasteiger partial charge in [0, 0.05) is 29.7 Å². The molecule has 2 heterocycles. The van der Waals surface area contributed by atoms with E-state index < -0.39 is 6.61 Å². The van der Waals surface area contributed by atoms with E-state index >= 15 is 0 Å². The molecule has 0 fully saturated rings. The number of hydrogen-bond donors (Lipinski definition) is 0. The Kier molecular flexibility index (Phi) is 3.05. The van der Waals surface area contributed by atoms with Crippen molar-refractivity contribution in [1.82, 2.24) is 9.97 Å². The zero-order valence-electron chi connectivity index (χ0n) is 8.18. The highest BCUT2D eigenvalue weighted by atomic mass is 19.3. The molecule has 0 atom stereocenters. The Morgan fingerprint density at radius 1 is 1.12 bits per heavy atom. The first-order valence-electron chi connectivity index (χ1n) is 4.57. The molecule has 0 N–H and O–H groups in total. The SMILES string of the molecule is FC(F)Oc1ncccc1-c1cccnc1. The minimum absolute atomic E-state index is 0.0921. The zero-order valence-corrected chi connectivity index (χ0v) is 8.18. The maximum atomic E-state index is 12.1. The van der Waals surface area contributed by atoms with Crippen molar-refractivity contribution < 1.29 is 13.5 Å². The van der Waals surface area contributed by atoms with Crippen LogP contribution in [0, 0.1) is 0 Å². The molecule has 3 nitrogen and oxygen atoms in total. The molecule has 0 aliphatic rings. The molecule has 0 bridgehead atoms. The van der Waals surface area contributed by atoms with Crippen molar-refractivity contribution in [3.05, 3.63) is 42.9 Å². The van der Waals surface area contributed by atoms with Crippen LogP contribution in [0.1, 0.15) is 0 Å². The van der Waals surface area contributed by atoms with Crippen molar-refractivity contribution in [3.8, 4) is 17.0 Å². The van der Waals surface area contributed by atoms with Gasteiger partial charge < -0.3 is 4.74 Å². The fourth-order valence-electron chi connectivity index (χ4n) is 1.31. The van der Waals surface area contributed by atoms with Crippen LogP contribution in [0.15, 0.2) is 42.9 Å². The molecular weight excluding hydrogens is 214 g/mol. The lowest BCUT2D eigenvalue weighted by molar-refractivity contribution is -0.0524. The van der Waals surface area contributed by atoms with E-state index in [-0.39, 0.29) is 5.88 Å². The number of hydrogen-bond acceptors (Lipinski definition) is 3. The first-order chi connectivity index (χ1) is 7.77. The van der Waals surface area contributed by atoms with E-state index in [4.69, 9.17) is 0 Å². The molecule has 0 radical (unpaired) electrons. The lowest BCUT2D eigenvalue weighted by Gasteiger charge is -2.08. The van der Waals surface area contributed by atoms with Crippen molar-refractivity contribution in [3.63, 3.8) is 0 Å². The molecule has 2 aromatic rings. The van der Waals surface area contributed by atoms with Crippen molar-refractivity contribution in [2.24, 2.45) is 0 Å². The second kappa shape index (κ2) is 4.65. The number of halogens is 2. The molecule has 0 unspecified atom stereocenters. The van der Waals surface area contributed by atoms with E-state index in [2.05, 4.69) is 14.7 Å². The number of alkyl halides is 2. The van der Waals surface area contributed by atoms with Crippen LogP contribution in [0.4, 0.5) is 8.78 Å². The fourth-order valence-corrected chi connectivity index (χ4v) is 1.31. The molecule has 82 valence electrons. The van der Waals surface area contributed by atoms with Gasteiger partial charge in [-0.1, -0.05) is 6.07 Å². The topological polar surface area (TPSA) is 35.0 Å². The summed E-state index contributed by atoms with van der Waals surface area (Å²) in [5, 5.41) is 0. The second-order valence-corrected chi connectivity index (χ2v) is 2.98. The normalized spacial score (nSPS) is 10.4. The molecule has 2 aromatic heterocycles. The summed E-state index contributed by atoms with van der Waals surface area (Å²) in [4.78, 5) is 7.68. The monoisotopic (exact) mass is 222 g/mol. The van der Waals surface area contributed by atoms with E-state index in [1.54, 1.807) is 36.7 Å². The summed E-state index contributed by atoms with van der Waals surface area (Å²) < 4.78 is 28.6. The van der Waals surface area contributed by atoms with E-state index in [0.717, 1.165) is 0 Å². The molecule has 0 saturated heterocycles. The summed E-state index contributed by atoms with van der Waals surface area (Å²) in [7, 11) is 0. The lowest BCUT2D eigenvalue weighted by Crippen LogP contribution is -2.04. The molecule has 2 rings (SSSR count). The van der Waals surface area contributed by atoms with Crippen LogP contribution in [0.3, 0.4) is 0 Å². The lowest BCUT2D eigenvalue weighted by atomic mass is 10.1. The Bertz CT molecular complexity index is 463. The molecule has 0 aliphatic carbocycles. The summed E-state index contributed by atoms with van der Waals surface area (Å²) in [6, 6.07) is 6.78. The third kappa shape index (κ3) is 2.31. The van der Waals surface area contributed by atoms with Gasteiger partial charge in [0.15, 0.2) is 0 Å². The fraction of sp³-hybridized carbons (Fsp3) is 0.0909. The molecule has 5 heteroatoms. The average Bonchev–Trinajstić information content (AvgIpc) is 2.30. The van der Waals surface area contributed by atoms with Crippen molar-refractivity contribution >= 4 is 0 Å². The highest BCUT2D eigenvalue weighted by Crippen LogP contribution is 2.27. The third-order valence-corrected chi connectivity index (χ3v) is 1.94. The zero-order chi connectivity index (χ0) is 11.4. The van der Waals surface area contributed by atoms with Gasteiger partial charge in [-0.3, -0.25) is 4.98 Å². The summed E-state index contributed by atoms with van der Waals surface area (Å²) in [6.45, 7) is -2.88. The van der Waals surface area contributed by atoms with E-state index in [1.165, 1.54) is 6.20 Å².